The molecular weight excluding hydrogens is 450 g/mol. The van der Waals surface area contributed by atoms with Gasteiger partial charge in [0.05, 0.1) is 6.61 Å². The summed E-state index contributed by atoms with van der Waals surface area (Å²) in [6, 6.07) is 33.1. The minimum absolute atomic E-state index is 0. The monoisotopic (exact) mass is 474 g/mol. The lowest BCUT2D eigenvalue weighted by molar-refractivity contribution is -0.00000618. The third-order valence-electron chi connectivity index (χ3n) is 5.08. The molecule has 0 amide bonds. The maximum atomic E-state index is 6.46. The molecule has 3 aromatic carbocycles. The van der Waals surface area contributed by atoms with Crippen LogP contribution in [-0.4, -0.2) is 12.5 Å². The minimum atomic E-state index is -1.85. The van der Waals surface area contributed by atoms with Gasteiger partial charge in [0.1, 0.15) is 23.2 Å². The SMILES string of the molecule is [I-].c1ccc([P+](c2ccccc2)(c2ccccc2)C2CCCCO2)cc1. The third kappa shape index (κ3) is 3.60. The van der Waals surface area contributed by atoms with E-state index in [4.69, 9.17) is 4.74 Å². The summed E-state index contributed by atoms with van der Waals surface area (Å²) in [6.07, 6.45) is 3.56. The first kappa shape index (κ1) is 19.5. The summed E-state index contributed by atoms with van der Waals surface area (Å²) >= 11 is 0. The molecule has 0 bridgehead atoms. The first-order chi connectivity index (χ1) is 12.4. The number of halogens is 1. The molecular formula is C23H24IOP. The highest BCUT2D eigenvalue weighted by Crippen LogP contribution is 2.61. The molecule has 3 aromatic rings. The Hall–Kier alpha value is -1.22. The molecule has 0 radical (unpaired) electrons. The first-order valence-electron chi connectivity index (χ1n) is 9.09. The van der Waals surface area contributed by atoms with Gasteiger partial charge in [0, 0.05) is 6.42 Å². The zero-order chi connectivity index (χ0) is 17.0. The van der Waals surface area contributed by atoms with Crippen LogP contribution in [0.1, 0.15) is 19.3 Å². The molecule has 0 aromatic heterocycles. The smallest absolute Gasteiger partial charge is 0.181 e. The first-order valence-corrected chi connectivity index (χ1v) is 11.0. The molecule has 3 heteroatoms. The predicted molar refractivity (Wildman–Crippen MR) is 109 cm³/mol. The van der Waals surface area contributed by atoms with Crippen molar-refractivity contribution in [1.82, 2.24) is 0 Å². The van der Waals surface area contributed by atoms with Crippen LogP contribution in [0.4, 0.5) is 0 Å². The van der Waals surface area contributed by atoms with Gasteiger partial charge in [-0.25, -0.2) is 0 Å². The highest BCUT2D eigenvalue weighted by molar-refractivity contribution is 7.96. The molecule has 1 aliphatic heterocycles. The van der Waals surface area contributed by atoms with E-state index in [-0.39, 0.29) is 29.8 Å². The molecule has 0 saturated carbocycles. The average Bonchev–Trinajstić information content (AvgIpc) is 2.72. The molecule has 4 rings (SSSR count). The van der Waals surface area contributed by atoms with Gasteiger partial charge in [-0.1, -0.05) is 54.6 Å². The van der Waals surface area contributed by atoms with E-state index >= 15 is 0 Å². The van der Waals surface area contributed by atoms with Crippen LogP contribution >= 0.6 is 7.26 Å². The molecule has 1 atom stereocenters. The van der Waals surface area contributed by atoms with Crippen molar-refractivity contribution < 1.29 is 28.7 Å². The van der Waals surface area contributed by atoms with E-state index in [2.05, 4.69) is 91.0 Å². The molecule has 0 N–H and O–H groups in total. The van der Waals surface area contributed by atoms with Crippen molar-refractivity contribution in [3.63, 3.8) is 0 Å². The van der Waals surface area contributed by atoms with E-state index in [9.17, 15) is 0 Å². The molecule has 1 fully saturated rings. The zero-order valence-corrected chi connectivity index (χ0v) is 17.9. The quantitative estimate of drug-likeness (QED) is 0.412. The van der Waals surface area contributed by atoms with Crippen molar-refractivity contribution in [2.75, 3.05) is 6.61 Å². The van der Waals surface area contributed by atoms with Crippen molar-refractivity contribution in [1.29, 1.82) is 0 Å². The molecule has 0 aliphatic carbocycles. The Bertz CT molecular complexity index is 690. The average molecular weight is 474 g/mol. The highest BCUT2D eigenvalue weighted by Gasteiger charge is 2.53. The van der Waals surface area contributed by atoms with Gasteiger partial charge in [-0.05, 0) is 49.2 Å². The number of ether oxygens (including phenoxy) is 1. The van der Waals surface area contributed by atoms with Gasteiger partial charge >= 0.3 is 0 Å². The second-order valence-corrected chi connectivity index (χ2v) is 10.1. The fourth-order valence-electron chi connectivity index (χ4n) is 3.96. The number of benzene rings is 3. The molecule has 1 aliphatic rings. The minimum Gasteiger partial charge on any atom is -1.00 e. The van der Waals surface area contributed by atoms with Crippen LogP contribution < -0.4 is 39.9 Å². The molecule has 0 spiro atoms. The predicted octanol–water partition coefficient (Wildman–Crippen LogP) is 1.51. The summed E-state index contributed by atoms with van der Waals surface area (Å²) in [5, 5.41) is 4.25. The number of hydrogen-bond acceptors (Lipinski definition) is 1. The van der Waals surface area contributed by atoms with Crippen molar-refractivity contribution >= 4 is 23.2 Å². The van der Waals surface area contributed by atoms with Gasteiger partial charge in [-0.15, -0.1) is 0 Å². The van der Waals surface area contributed by atoms with E-state index in [0.717, 1.165) is 13.0 Å². The summed E-state index contributed by atoms with van der Waals surface area (Å²) in [7, 11) is -1.85. The summed E-state index contributed by atoms with van der Waals surface area (Å²) in [5.41, 5.74) is 0. The molecule has 26 heavy (non-hydrogen) atoms. The Morgan fingerprint density at radius 1 is 0.615 bits per heavy atom. The van der Waals surface area contributed by atoms with E-state index in [1.807, 2.05) is 0 Å². The second-order valence-electron chi connectivity index (χ2n) is 6.55. The van der Waals surface area contributed by atoms with Gasteiger partial charge in [0.15, 0.2) is 5.85 Å². The number of rotatable bonds is 4. The summed E-state index contributed by atoms with van der Waals surface area (Å²) in [4.78, 5) is 0. The van der Waals surface area contributed by atoms with Crippen molar-refractivity contribution in [3.8, 4) is 0 Å². The lowest BCUT2D eigenvalue weighted by Crippen LogP contribution is -3.00. The van der Waals surface area contributed by atoms with E-state index in [1.54, 1.807) is 0 Å². The van der Waals surface area contributed by atoms with E-state index < -0.39 is 7.26 Å². The van der Waals surface area contributed by atoms with Gasteiger partial charge in [-0.2, -0.15) is 0 Å². The largest absolute Gasteiger partial charge is 1.00 e. The van der Waals surface area contributed by atoms with Crippen LogP contribution in [0.25, 0.3) is 0 Å². The van der Waals surface area contributed by atoms with Gasteiger partial charge in [0.25, 0.3) is 0 Å². The fourth-order valence-corrected chi connectivity index (χ4v) is 8.68. The lowest BCUT2D eigenvalue weighted by atomic mass is 10.2. The molecule has 1 unspecified atom stereocenters. The maximum Gasteiger partial charge on any atom is 0.181 e. The van der Waals surface area contributed by atoms with Crippen LogP contribution in [0.15, 0.2) is 91.0 Å². The van der Waals surface area contributed by atoms with Gasteiger partial charge < -0.3 is 28.7 Å². The van der Waals surface area contributed by atoms with E-state index in [1.165, 1.54) is 28.8 Å². The summed E-state index contributed by atoms with van der Waals surface area (Å²) in [5.74, 6) is 0.258. The zero-order valence-electron chi connectivity index (χ0n) is 14.8. The van der Waals surface area contributed by atoms with E-state index in [0.29, 0.717) is 0 Å². The Balaban J connectivity index is 0.00000196. The second kappa shape index (κ2) is 9.12. The Morgan fingerprint density at radius 3 is 1.38 bits per heavy atom. The van der Waals surface area contributed by atoms with Crippen molar-refractivity contribution in [2.24, 2.45) is 0 Å². The maximum absolute atomic E-state index is 6.46. The highest BCUT2D eigenvalue weighted by atomic mass is 127. The lowest BCUT2D eigenvalue weighted by Gasteiger charge is -2.36. The third-order valence-corrected chi connectivity index (χ3v) is 9.69. The Kier molecular flexibility index (Phi) is 6.86. The van der Waals surface area contributed by atoms with Crippen molar-refractivity contribution in [2.45, 2.75) is 25.1 Å². The topological polar surface area (TPSA) is 9.23 Å². The Labute approximate surface area is 174 Å². The van der Waals surface area contributed by atoms with Gasteiger partial charge in [0.2, 0.25) is 0 Å². The molecule has 1 heterocycles. The molecule has 134 valence electrons. The molecule has 1 saturated heterocycles. The van der Waals surface area contributed by atoms with Crippen LogP contribution in [0.2, 0.25) is 0 Å². The summed E-state index contributed by atoms with van der Waals surface area (Å²) in [6.45, 7) is 0.874. The fraction of sp³-hybridized carbons (Fsp3) is 0.217. The van der Waals surface area contributed by atoms with Crippen LogP contribution in [0.5, 0.6) is 0 Å². The summed E-state index contributed by atoms with van der Waals surface area (Å²) < 4.78 is 6.46. The standard InChI is InChI=1S/C23H24OP.HI/c1-4-12-20(13-5-1)25(21-14-6-2-7-15-21,22-16-8-3-9-17-22)23-18-10-11-19-24-23;/h1-9,12-17,23H,10-11,18-19H2;1H/q+1;/p-1. The van der Waals surface area contributed by atoms with Crippen LogP contribution in [0, 0.1) is 0 Å². The Morgan fingerprint density at radius 2 is 1.04 bits per heavy atom. The van der Waals surface area contributed by atoms with Crippen LogP contribution in [0.3, 0.4) is 0 Å². The number of hydrogen-bond donors (Lipinski definition) is 0. The van der Waals surface area contributed by atoms with Crippen molar-refractivity contribution in [3.05, 3.63) is 91.0 Å². The molecule has 1 nitrogen and oxygen atoms in total. The van der Waals surface area contributed by atoms with Crippen LogP contribution in [-0.2, 0) is 4.74 Å². The normalized spacial score (nSPS) is 17.3. The van der Waals surface area contributed by atoms with Gasteiger partial charge in [-0.3, -0.25) is 0 Å².